The molecular formula is C18H22O5. The lowest BCUT2D eigenvalue weighted by Crippen LogP contribution is -2.16. The van der Waals surface area contributed by atoms with E-state index in [2.05, 4.69) is 0 Å². The van der Waals surface area contributed by atoms with E-state index in [1.807, 2.05) is 6.08 Å². The summed E-state index contributed by atoms with van der Waals surface area (Å²) in [6.07, 6.45) is 6.90. The molecule has 2 N–H and O–H groups in total. The van der Waals surface area contributed by atoms with Gasteiger partial charge in [0.15, 0.2) is 0 Å². The molecule has 0 aromatic heterocycles. The van der Waals surface area contributed by atoms with Crippen molar-refractivity contribution in [1.29, 1.82) is 0 Å². The van der Waals surface area contributed by atoms with Crippen molar-refractivity contribution in [3.05, 3.63) is 29.3 Å². The standard InChI is InChI=1S/C18H22O5/c1-12-6-5-9-14(19)8-4-2-3-7-13-10-15(20)11-16(21)17(13)18(22)23-12/h3,7,10-12,20-21H,2,4-6,8-9H2,1H3/t12-/m0/s1/i1+1,2+1,3+1,4+1,5+1,6+1,7+1,8+1,9+1,10+1,11+1,12+1,13+1,14+1,15+1,16+1,17+1,18+1. The fourth-order valence-corrected chi connectivity index (χ4v) is 2.63. The van der Waals surface area contributed by atoms with Crippen LogP contribution in [0.5, 0.6) is 11.5 Å². The van der Waals surface area contributed by atoms with Gasteiger partial charge >= 0.3 is 5.97 Å². The van der Waals surface area contributed by atoms with E-state index in [-0.39, 0.29) is 28.9 Å². The molecule has 1 aromatic carbocycles. The van der Waals surface area contributed by atoms with E-state index in [4.69, 9.17) is 4.74 Å². The summed E-state index contributed by atoms with van der Waals surface area (Å²) < 4.78 is 5.35. The van der Waals surface area contributed by atoms with E-state index >= 15 is 0 Å². The molecule has 124 valence electrons. The summed E-state index contributed by atoms with van der Waals surface area (Å²) in [4.78, 5) is 24.0. The van der Waals surface area contributed by atoms with Crippen molar-refractivity contribution in [2.45, 2.75) is 51.6 Å². The van der Waals surface area contributed by atoms with Crippen molar-refractivity contribution in [2.24, 2.45) is 0 Å². The number of cyclic esters (lactones) is 1. The Bertz CT molecular complexity index is 618. The molecule has 0 spiro atoms. The molecule has 1 atom stereocenters. The number of ether oxygens (including phenoxy) is 1. The third kappa shape index (κ3) is 4.84. The first kappa shape index (κ1) is 17.1. The third-order valence-corrected chi connectivity index (χ3v) is 3.84. The zero-order valence-corrected chi connectivity index (χ0v) is 13.2. The number of benzene rings is 1. The Labute approximate surface area is 135 Å². The van der Waals surface area contributed by atoms with Crippen LogP contribution in [0, 0.1) is 0 Å². The number of rotatable bonds is 0. The molecule has 23 heavy (non-hydrogen) atoms. The number of phenolic OH excluding ortho intramolecular Hbond substituents is 2. The molecule has 1 aromatic rings. The third-order valence-electron chi connectivity index (χ3n) is 3.84. The summed E-state index contributed by atoms with van der Waals surface area (Å²) in [6.45, 7) is 1.77. The van der Waals surface area contributed by atoms with Gasteiger partial charge in [-0.1, -0.05) is 12.2 Å². The Morgan fingerprint density at radius 1 is 1.13 bits per heavy atom. The Hall–Kier alpha value is -2.30. The number of allylic oxidation sites excluding steroid dienone is 1. The minimum absolute atomic E-state index is 0.0547. The topological polar surface area (TPSA) is 83.8 Å². The highest BCUT2D eigenvalue weighted by Crippen LogP contribution is 2.29. The predicted octanol–water partition coefficient (Wildman–Crippen LogP) is 3.58. The Morgan fingerprint density at radius 2 is 1.87 bits per heavy atom. The normalized spacial score (nSPS) is 20.5. The van der Waals surface area contributed by atoms with Gasteiger partial charge in [0.2, 0.25) is 0 Å². The maximum Gasteiger partial charge on any atom is 0.342 e. The minimum Gasteiger partial charge on any atom is -0.508 e. The van der Waals surface area contributed by atoms with Crippen LogP contribution in [0.15, 0.2) is 18.2 Å². The molecule has 1 heterocycles. The summed E-state index contributed by atoms with van der Waals surface area (Å²) in [5.41, 5.74) is 0.460. The largest absolute Gasteiger partial charge is 0.508 e. The average Bonchev–Trinajstić information content (AvgIpc) is 2.45. The number of Topliss-reactive ketones (excluding diaryl/α,β-unsaturated/α-hetero) is 1. The number of phenols is 2. The van der Waals surface area contributed by atoms with Gasteiger partial charge in [0.25, 0.3) is 0 Å². The fraction of sp³-hybridized carbons (Fsp3) is 0.444. The van der Waals surface area contributed by atoms with Crippen molar-refractivity contribution in [1.82, 2.24) is 0 Å². The quantitative estimate of drug-likeness (QED) is 0.559. The van der Waals surface area contributed by atoms with Crippen LogP contribution < -0.4 is 0 Å². The van der Waals surface area contributed by atoms with E-state index in [1.54, 1.807) is 13.0 Å². The number of carbonyl (C=O) groups is 2. The summed E-state index contributed by atoms with van der Waals surface area (Å²) >= 11 is 0. The SMILES string of the molecule is [13CH3][13C@H]1[13CH2][13CH2][13CH2][13C](=O)[13CH2][13CH2][13CH2][13CH]=[13CH][13c]2[13cH][13c](O)[13cH][13c](O)[13c]2[13C](=O)O1. The van der Waals surface area contributed by atoms with Gasteiger partial charge in [0.1, 0.15) is 22.8 Å². The van der Waals surface area contributed by atoms with Gasteiger partial charge in [-0.3, -0.25) is 4.79 Å². The molecule has 0 amide bonds. The van der Waals surface area contributed by atoms with E-state index in [9.17, 15) is 19.8 Å². The van der Waals surface area contributed by atoms with Crippen LogP contribution in [-0.4, -0.2) is 28.1 Å². The highest BCUT2D eigenvalue weighted by atomic mass is 16.7. The number of esters is 1. The molecule has 0 saturated heterocycles. The molecule has 1 aliphatic heterocycles. The van der Waals surface area contributed by atoms with E-state index < -0.39 is 5.97 Å². The van der Waals surface area contributed by atoms with Gasteiger partial charge in [0.05, 0.1) is 6.10 Å². The Balaban J connectivity index is 2.32. The molecule has 2 rings (SSSR count). The van der Waals surface area contributed by atoms with Crippen molar-refractivity contribution >= 4 is 17.8 Å². The summed E-state index contributed by atoms with van der Waals surface area (Å²) in [5, 5.41) is 19.6. The molecule has 0 saturated carbocycles. The van der Waals surface area contributed by atoms with E-state index in [0.717, 1.165) is 12.5 Å². The lowest BCUT2D eigenvalue weighted by Gasteiger charge is -2.15. The van der Waals surface area contributed by atoms with Crippen molar-refractivity contribution < 1.29 is 24.5 Å². The lowest BCUT2D eigenvalue weighted by atomic mass is 11.0. The van der Waals surface area contributed by atoms with E-state index in [0.29, 0.717) is 37.7 Å². The second kappa shape index (κ2) is 7.81. The first-order valence-corrected chi connectivity index (χ1v) is 7.92. The maximum absolute atomic E-state index is 12.3. The zero-order valence-electron chi connectivity index (χ0n) is 13.2. The van der Waals surface area contributed by atoms with Crippen LogP contribution in [0.3, 0.4) is 0 Å². The van der Waals surface area contributed by atoms with Crippen LogP contribution in [0.4, 0.5) is 0 Å². The van der Waals surface area contributed by atoms with Gasteiger partial charge in [0, 0.05) is 18.9 Å². The van der Waals surface area contributed by atoms with Crippen molar-refractivity contribution in [3.8, 4) is 11.5 Å². The van der Waals surface area contributed by atoms with Gasteiger partial charge in [-0.2, -0.15) is 0 Å². The van der Waals surface area contributed by atoms with E-state index in [1.165, 1.54) is 6.07 Å². The minimum atomic E-state index is -0.627. The fourth-order valence-electron chi connectivity index (χ4n) is 2.63. The number of fused-ring (bicyclic) bond motifs is 1. The number of carbonyl (C=O) groups excluding carboxylic acids is 2. The molecule has 0 fully saturated rings. The number of aromatic hydroxyl groups is 2. The number of hydrogen-bond donors (Lipinski definition) is 2. The average molecular weight is 336 g/mol. The molecule has 0 unspecified atom stereocenters. The van der Waals surface area contributed by atoms with Crippen molar-refractivity contribution in [2.75, 3.05) is 0 Å². The van der Waals surface area contributed by atoms with Gasteiger partial charge < -0.3 is 14.9 Å². The van der Waals surface area contributed by atoms with Crippen molar-refractivity contribution in [3.63, 3.8) is 0 Å². The molecule has 1 aliphatic rings. The molecule has 0 radical (unpaired) electrons. The monoisotopic (exact) mass is 336 g/mol. The Morgan fingerprint density at radius 3 is 2.65 bits per heavy atom. The van der Waals surface area contributed by atoms with Crippen LogP contribution in [0.25, 0.3) is 6.08 Å². The van der Waals surface area contributed by atoms with Gasteiger partial charge in [-0.05, 0) is 44.2 Å². The molecule has 0 aliphatic carbocycles. The first-order valence-electron chi connectivity index (χ1n) is 7.92. The first-order chi connectivity index (χ1) is 11.0. The highest BCUT2D eigenvalue weighted by Gasteiger charge is 2.20. The number of hydrogen-bond acceptors (Lipinski definition) is 5. The summed E-state index contributed by atoms with van der Waals surface area (Å²) in [5.74, 6) is -0.824. The summed E-state index contributed by atoms with van der Waals surface area (Å²) in [6, 6.07) is 2.54. The smallest absolute Gasteiger partial charge is 0.342 e. The summed E-state index contributed by atoms with van der Waals surface area (Å²) in [7, 11) is 0. The van der Waals surface area contributed by atoms with Crippen LogP contribution >= 0.6 is 0 Å². The zero-order chi connectivity index (χ0) is 16.8. The lowest BCUT2D eigenvalue weighted by molar-refractivity contribution is -0.119. The Kier molecular flexibility index (Phi) is 5.79. The molecule has 5 nitrogen and oxygen atoms in total. The second-order valence-electron chi connectivity index (χ2n) is 5.87. The van der Waals surface area contributed by atoms with Gasteiger partial charge in [-0.15, -0.1) is 0 Å². The van der Waals surface area contributed by atoms with Crippen LogP contribution in [0.2, 0.25) is 0 Å². The predicted molar refractivity (Wildman–Crippen MR) is 86.4 cm³/mol. The maximum atomic E-state index is 12.3. The molecule has 0 bridgehead atoms. The number of ketones is 1. The van der Waals surface area contributed by atoms with Gasteiger partial charge in [-0.25, -0.2) is 4.79 Å². The molecule has 5 heteroatoms. The highest BCUT2D eigenvalue weighted by molar-refractivity contribution is 5.97. The second-order valence-corrected chi connectivity index (χ2v) is 5.87. The van der Waals surface area contributed by atoms with Crippen LogP contribution in [-0.2, 0) is 9.53 Å². The van der Waals surface area contributed by atoms with Crippen LogP contribution in [0.1, 0.15) is 61.4 Å². The molecular weight excluding hydrogens is 314 g/mol.